The number of nitrogens with one attached hydrogen (secondary N) is 2. The Morgan fingerprint density at radius 1 is 1.11 bits per heavy atom. The van der Waals surface area contributed by atoms with Gasteiger partial charge in [0.2, 0.25) is 11.8 Å². The zero-order valence-electron chi connectivity index (χ0n) is 22.7. The smallest absolute Gasteiger partial charge is 0.248 e. The summed E-state index contributed by atoms with van der Waals surface area (Å²) in [5, 5.41) is 0. The van der Waals surface area contributed by atoms with E-state index in [1.807, 2.05) is 58.0 Å². The number of hydroxylamine groups is 1. The van der Waals surface area contributed by atoms with Crippen LogP contribution in [0.2, 0.25) is 0 Å². The molecule has 206 valence electrons. The lowest BCUT2D eigenvalue weighted by Gasteiger charge is -2.44. The van der Waals surface area contributed by atoms with Crippen LogP contribution in [-0.2, 0) is 24.0 Å². The van der Waals surface area contributed by atoms with E-state index in [1.165, 1.54) is 0 Å². The molecule has 5 atom stereocenters. The summed E-state index contributed by atoms with van der Waals surface area (Å²) >= 11 is 0. The first-order chi connectivity index (χ1) is 17.5. The van der Waals surface area contributed by atoms with E-state index in [0.717, 1.165) is 18.4 Å². The molecule has 0 radical (unpaired) electrons. The second-order valence-electron chi connectivity index (χ2n) is 10.6. The number of hydrogen-bond donors (Lipinski definition) is 4. The molecule has 0 saturated carbocycles. The molecule has 0 spiro atoms. The molecule has 1 aromatic rings. The molecule has 0 aliphatic carbocycles. The third-order valence-electron chi connectivity index (χ3n) is 6.98. The van der Waals surface area contributed by atoms with Crippen LogP contribution in [-0.4, -0.2) is 36.5 Å². The quantitative estimate of drug-likeness (QED) is 0.179. The van der Waals surface area contributed by atoms with Gasteiger partial charge in [0.05, 0.1) is 23.3 Å². The summed E-state index contributed by atoms with van der Waals surface area (Å²) in [5.41, 5.74) is 10.3. The molecule has 2 rings (SSSR count). The maximum Gasteiger partial charge on any atom is 0.248 e. The molecular weight excluding hydrogens is 472 g/mol. The van der Waals surface area contributed by atoms with Crippen molar-refractivity contribution in [3.05, 3.63) is 42.0 Å². The number of rotatable bonds is 13. The molecule has 0 bridgehead atoms. The molecule has 1 fully saturated rings. The molecule has 2 unspecified atom stereocenters. The maximum atomic E-state index is 14.0. The lowest BCUT2D eigenvalue weighted by molar-refractivity contribution is -0.205. The predicted molar refractivity (Wildman–Crippen MR) is 143 cm³/mol. The summed E-state index contributed by atoms with van der Waals surface area (Å²) in [6.07, 6.45) is 5.73. The third-order valence-corrected chi connectivity index (χ3v) is 6.98. The number of Topliss-reactive ketones (excluding diaryl/α,β-unsaturated/α-hetero) is 1. The van der Waals surface area contributed by atoms with E-state index in [1.54, 1.807) is 19.1 Å². The van der Waals surface area contributed by atoms with E-state index >= 15 is 0 Å². The van der Waals surface area contributed by atoms with Crippen molar-refractivity contribution < 1.29 is 24.0 Å². The Hall–Kier alpha value is -2.59. The second-order valence-corrected chi connectivity index (χ2v) is 10.6. The standard InChI is InChI=1S/C28H44N4O5/c1-18(2)17-22(26(34)31-30)24(27(35)32-37-23-13-9-10-16-36-23)28(19(3)4,25(33)20(5)29)15-14-21-11-7-6-8-12-21/h6-8,11-12,14-15,18-20,22-24H,9-10,13,16-17,29-30H2,1-5H3,(H,31,34)(H,32,35)/b15-14+/t20-,22-,23?,24-,28?/m1/s1. The molecule has 37 heavy (non-hydrogen) atoms. The Morgan fingerprint density at radius 3 is 2.30 bits per heavy atom. The Kier molecular flexibility index (Phi) is 11.9. The third kappa shape index (κ3) is 7.95. The van der Waals surface area contributed by atoms with Crippen LogP contribution in [0.5, 0.6) is 0 Å². The van der Waals surface area contributed by atoms with Crippen molar-refractivity contribution in [2.75, 3.05) is 6.61 Å². The summed E-state index contributed by atoms with van der Waals surface area (Å²) < 4.78 is 5.59. The summed E-state index contributed by atoms with van der Waals surface area (Å²) in [7, 11) is 0. The minimum absolute atomic E-state index is 0.0357. The van der Waals surface area contributed by atoms with E-state index in [4.69, 9.17) is 21.2 Å². The first-order valence-electron chi connectivity index (χ1n) is 13.2. The summed E-state index contributed by atoms with van der Waals surface area (Å²) in [5.74, 6) is 1.68. The number of nitrogens with two attached hydrogens (primary N) is 2. The highest BCUT2D eigenvalue weighted by atomic mass is 16.8. The van der Waals surface area contributed by atoms with Crippen LogP contribution in [0.15, 0.2) is 36.4 Å². The molecule has 9 heteroatoms. The Labute approximate surface area is 220 Å². The molecule has 1 aromatic carbocycles. The topological polar surface area (TPSA) is 146 Å². The fourth-order valence-corrected chi connectivity index (χ4v) is 5.10. The van der Waals surface area contributed by atoms with Crippen LogP contribution in [0, 0.1) is 29.1 Å². The molecule has 1 aliphatic rings. The molecule has 9 nitrogen and oxygen atoms in total. The number of hydrazine groups is 1. The van der Waals surface area contributed by atoms with Gasteiger partial charge in [-0.05, 0) is 43.6 Å². The molecule has 0 aromatic heterocycles. The molecule has 6 N–H and O–H groups in total. The molecule has 1 saturated heterocycles. The molecule has 1 heterocycles. The van der Waals surface area contributed by atoms with Gasteiger partial charge in [-0.1, -0.05) is 70.2 Å². The maximum absolute atomic E-state index is 14.0. The molecular formula is C28H44N4O5. The number of carbonyl (C=O) groups excluding carboxylic acids is 3. The van der Waals surface area contributed by atoms with Gasteiger partial charge in [-0.15, -0.1) is 0 Å². The highest BCUT2D eigenvalue weighted by molar-refractivity contribution is 5.99. The zero-order valence-corrected chi connectivity index (χ0v) is 22.7. The normalized spacial score (nSPS) is 20.3. The number of hydrogen-bond acceptors (Lipinski definition) is 7. The monoisotopic (exact) mass is 516 g/mol. The van der Waals surface area contributed by atoms with Gasteiger partial charge in [-0.25, -0.2) is 16.2 Å². The van der Waals surface area contributed by atoms with E-state index < -0.39 is 47.3 Å². The van der Waals surface area contributed by atoms with Crippen LogP contribution in [0.4, 0.5) is 0 Å². The first-order valence-corrected chi connectivity index (χ1v) is 13.2. The summed E-state index contributed by atoms with van der Waals surface area (Å²) in [4.78, 5) is 46.8. The number of carbonyl (C=O) groups is 3. The Balaban J connectivity index is 2.68. The van der Waals surface area contributed by atoms with Gasteiger partial charge < -0.3 is 10.5 Å². The van der Waals surface area contributed by atoms with Crippen LogP contribution < -0.4 is 22.5 Å². The highest BCUT2D eigenvalue weighted by Crippen LogP contribution is 2.46. The van der Waals surface area contributed by atoms with Crippen molar-refractivity contribution >= 4 is 23.7 Å². The van der Waals surface area contributed by atoms with Gasteiger partial charge in [0.25, 0.3) is 0 Å². The van der Waals surface area contributed by atoms with Gasteiger partial charge in [0.15, 0.2) is 12.1 Å². The van der Waals surface area contributed by atoms with Gasteiger partial charge in [0, 0.05) is 13.0 Å². The van der Waals surface area contributed by atoms with Crippen LogP contribution in [0.25, 0.3) is 6.08 Å². The number of ketones is 1. The Morgan fingerprint density at radius 2 is 1.78 bits per heavy atom. The average Bonchev–Trinajstić information content (AvgIpc) is 2.88. The first kappa shape index (κ1) is 30.6. The summed E-state index contributed by atoms with van der Waals surface area (Å²) in [6.45, 7) is 9.73. The minimum Gasteiger partial charge on any atom is -0.350 e. The molecule has 1 aliphatic heterocycles. The van der Waals surface area contributed by atoms with E-state index in [-0.39, 0.29) is 11.7 Å². The fraction of sp³-hybridized carbons (Fsp3) is 0.607. The zero-order chi connectivity index (χ0) is 27.6. The van der Waals surface area contributed by atoms with Crippen molar-refractivity contribution in [3.63, 3.8) is 0 Å². The van der Waals surface area contributed by atoms with Crippen LogP contribution in [0.3, 0.4) is 0 Å². The lowest BCUT2D eigenvalue weighted by Crippen LogP contribution is -2.58. The number of ether oxygens (including phenoxy) is 1. The molecule has 2 amide bonds. The van der Waals surface area contributed by atoms with E-state index in [9.17, 15) is 14.4 Å². The van der Waals surface area contributed by atoms with Crippen molar-refractivity contribution in [2.24, 2.45) is 40.7 Å². The van der Waals surface area contributed by atoms with Gasteiger partial charge in [0.1, 0.15) is 0 Å². The predicted octanol–water partition coefficient (Wildman–Crippen LogP) is 3.10. The largest absolute Gasteiger partial charge is 0.350 e. The van der Waals surface area contributed by atoms with E-state index in [0.29, 0.717) is 19.4 Å². The fourth-order valence-electron chi connectivity index (χ4n) is 5.10. The van der Waals surface area contributed by atoms with Crippen molar-refractivity contribution in [1.82, 2.24) is 10.9 Å². The Bertz CT molecular complexity index is 912. The van der Waals surface area contributed by atoms with Crippen molar-refractivity contribution in [2.45, 2.75) is 72.6 Å². The summed E-state index contributed by atoms with van der Waals surface area (Å²) in [6, 6.07) is 8.57. The number of benzene rings is 1. The lowest BCUT2D eigenvalue weighted by atomic mass is 9.58. The van der Waals surface area contributed by atoms with Crippen molar-refractivity contribution in [3.8, 4) is 0 Å². The average molecular weight is 517 g/mol. The SMILES string of the molecule is CC(C)C[C@@H](C(=O)NN)[C@H](C(=O)NOC1CCCCO1)C(/C=C/c1ccccc1)(C(=O)[C@@H](C)N)C(C)C. The van der Waals surface area contributed by atoms with Crippen LogP contribution in [0.1, 0.15) is 65.9 Å². The van der Waals surface area contributed by atoms with Crippen molar-refractivity contribution in [1.29, 1.82) is 0 Å². The van der Waals surface area contributed by atoms with Gasteiger partial charge >= 0.3 is 0 Å². The minimum atomic E-state index is -1.43. The second kappa shape index (κ2) is 14.4. The van der Waals surface area contributed by atoms with Crippen LogP contribution >= 0.6 is 0 Å². The number of amides is 2. The van der Waals surface area contributed by atoms with Gasteiger partial charge in [-0.2, -0.15) is 0 Å². The van der Waals surface area contributed by atoms with Gasteiger partial charge in [-0.3, -0.25) is 19.8 Å². The van der Waals surface area contributed by atoms with E-state index in [2.05, 4.69) is 10.9 Å². The highest BCUT2D eigenvalue weighted by Gasteiger charge is 2.55. The number of allylic oxidation sites excluding steroid dienone is 1.